The Hall–Kier alpha value is -1.73. The fourth-order valence-corrected chi connectivity index (χ4v) is 1.53. The molecule has 0 amide bonds. The van der Waals surface area contributed by atoms with Gasteiger partial charge in [-0.2, -0.15) is 14.6 Å². The lowest BCUT2D eigenvalue weighted by molar-refractivity contribution is 0.0727. The summed E-state index contributed by atoms with van der Waals surface area (Å²) in [4.78, 5) is 8.24. The van der Waals surface area contributed by atoms with E-state index in [2.05, 4.69) is 20.4 Å². The monoisotopic (exact) mass is 237 g/mol. The molecule has 0 spiro atoms. The van der Waals surface area contributed by atoms with E-state index >= 15 is 0 Å². The molecule has 1 atom stereocenters. The number of methoxy groups -OCH3 is 1. The summed E-state index contributed by atoms with van der Waals surface area (Å²) in [6.07, 6.45) is 0.880. The number of aliphatic hydroxyl groups excluding tert-OH is 1. The highest BCUT2D eigenvalue weighted by Crippen LogP contribution is 2.09. The van der Waals surface area contributed by atoms with Crippen LogP contribution in [0.1, 0.15) is 5.69 Å². The van der Waals surface area contributed by atoms with Gasteiger partial charge in [0.15, 0.2) is 0 Å². The second-order valence-electron chi connectivity index (χ2n) is 3.74. The van der Waals surface area contributed by atoms with Crippen molar-refractivity contribution in [3.05, 3.63) is 18.1 Å². The van der Waals surface area contributed by atoms with Gasteiger partial charge in [0.25, 0.3) is 5.78 Å². The lowest BCUT2D eigenvalue weighted by atomic mass is 10.3. The highest BCUT2D eigenvalue weighted by molar-refractivity contribution is 5.44. The van der Waals surface area contributed by atoms with Crippen LogP contribution in [-0.4, -0.2) is 51.1 Å². The van der Waals surface area contributed by atoms with E-state index < -0.39 is 6.10 Å². The Bertz CT molecular complexity index is 498. The van der Waals surface area contributed by atoms with Gasteiger partial charge in [0.2, 0.25) is 0 Å². The Kier molecular flexibility index (Phi) is 3.50. The van der Waals surface area contributed by atoms with Crippen LogP contribution in [0, 0.1) is 6.92 Å². The minimum absolute atomic E-state index is 0.289. The van der Waals surface area contributed by atoms with Crippen LogP contribution in [0.2, 0.25) is 0 Å². The van der Waals surface area contributed by atoms with Gasteiger partial charge in [-0.3, -0.25) is 0 Å². The number of rotatable bonds is 5. The van der Waals surface area contributed by atoms with E-state index in [-0.39, 0.29) is 6.61 Å². The van der Waals surface area contributed by atoms with Crippen LogP contribution in [-0.2, 0) is 4.74 Å². The first-order valence-corrected chi connectivity index (χ1v) is 5.29. The van der Waals surface area contributed by atoms with Crippen LogP contribution in [0.5, 0.6) is 0 Å². The SMILES string of the molecule is COCC(O)CNc1cc(C)nc2ncnn12. The standard InChI is InChI=1S/C10H15N5O2/c1-7-3-9(11-4-8(16)5-17-2)15-10(14-7)12-6-13-15/h3,6,8,11,16H,4-5H2,1-2H3. The molecule has 0 saturated heterocycles. The highest BCUT2D eigenvalue weighted by Gasteiger charge is 2.07. The first kappa shape index (κ1) is 11.7. The van der Waals surface area contributed by atoms with Gasteiger partial charge < -0.3 is 15.2 Å². The van der Waals surface area contributed by atoms with E-state index in [0.717, 1.165) is 11.5 Å². The number of hydrogen-bond acceptors (Lipinski definition) is 6. The fourth-order valence-electron chi connectivity index (χ4n) is 1.53. The van der Waals surface area contributed by atoms with Gasteiger partial charge >= 0.3 is 0 Å². The Morgan fingerprint density at radius 3 is 3.18 bits per heavy atom. The topological polar surface area (TPSA) is 84.6 Å². The number of ether oxygens (including phenoxy) is 1. The number of aliphatic hydroxyl groups is 1. The maximum absolute atomic E-state index is 9.55. The molecule has 2 rings (SSSR count). The third-order valence-corrected chi connectivity index (χ3v) is 2.26. The van der Waals surface area contributed by atoms with E-state index in [4.69, 9.17) is 4.74 Å². The van der Waals surface area contributed by atoms with Gasteiger partial charge in [0.1, 0.15) is 12.1 Å². The average molecular weight is 237 g/mol. The van der Waals surface area contributed by atoms with E-state index in [0.29, 0.717) is 12.3 Å². The first-order chi connectivity index (χ1) is 8.20. The molecule has 0 aromatic carbocycles. The molecule has 2 N–H and O–H groups in total. The van der Waals surface area contributed by atoms with Crippen molar-refractivity contribution in [1.29, 1.82) is 0 Å². The van der Waals surface area contributed by atoms with Crippen LogP contribution in [0.3, 0.4) is 0 Å². The average Bonchev–Trinajstić information content (AvgIpc) is 2.74. The van der Waals surface area contributed by atoms with Crippen molar-refractivity contribution in [3.8, 4) is 0 Å². The predicted octanol–water partition coefficient (Wildman–Crippen LogP) is -0.148. The summed E-state index contributed by atoms with van der Waals surface area (Å²) in [7, 11) is 1.55. The molecule has 7 nitrogen and oxygen atoms in total. The second-order valence-corrected chi connectivity index (χ2v) is 3.74. The largest absolute Gasteiger partial charge is 0.389 e. The predicted molar refractivity (Wildman–Crippen MR) is 61.9 cm³/mol. The zero-order valence-corrected chi connectivity index (χ0v) is 9.79. The third-order valence-electron chi connectivity index (χ3n) is 2.26. The minimum Gasteiger partial charge on any atom is -0.389 e. The number of hydrogen-bond donors (Lipinski definition) is 2. The molecule has 17 heavy (non-hydrogen) atoms. The van der Waals surface area contributed by atoms with Crippen LogP contribution < -0.4 is 5.32 Å². The lowest BCUT2D eigenvalue weighted by Gasteiger charge is -2.12. The van der Waals surface area contributed by atoms with E-state index in [9.17, 15) is 5.11 Å². The van der Waals surface area contributed by atoms with Crippen molar-refractivity contribution in [3.63, 3.8) is 0 Å². The number of fused-ring (bicyclic) bond motifs is 1. The Balaban J connectivity index is 2.14. The molecular formula is C10H15N5O2. The van der Waals surface area contributed by atoms with E-state index in [1.54, 1.807) is 11.6 Å². The zero-order valence-electron chi connectivity index (χ0n) is 9.79. The lowest BCUT2D eigenvalue weighted by Crippen LogP contribution is -2.25. The minimum atomic E-state index is -0.563. The number of aromatic nitrogens is 4. The molecular weight excluding hydrogens is 222 g/mol. The summed E-state index contributed by atoms with van der Waals surface area (Å²) >= 11 is 0. The molecule has 2 aromatic rings. The summed E-state index contributed by atoms with van der Waals surface area (Å²) in [6, 6.07) is 1.85. The van der Waals surface area contributed by atoms with Crippen molar-refractivity contribution in [2.24, 2.45) is 0 Å². The van der Waals surface area contributed by atoms with Gasteiger partial charge in [0.05, 0.1) is 12.7 Å². The van der Waals surface area contributed by atoms with Gasteiger partial charge in [0, 0.05) is 25.4 Å². The Morgan fingerprint density at radius 2 is 2.41 bits per heavy atom. The molecule has 92 valence electrons. The molecule has 2 aromatic heterocycles. The quantitative estimate of drug-likeness (QED) is 0.752. The van der Waals surface area contributed by atoms with Crippen molar-refractivity contribution in [2.45, 2.75) is 13.0 Å². The van der Waals surface area contributed by atoms with Crippen molar-refractivity contribution in [1.82, 2.24) is 19.6 Å². The van der Waals surface area contributed by atoms with Gasteiger partial charge in [-0.05, 0) is 6.92 Å². The molecule has 0 aliphatic heterocycles. The number of anilines is 1. The Labute approximate surface area is 98.5 Å². The first-order valence-electron chi connectivity index (χ1n) is 5.29. The smallest absolute Gasteiger partial charge is 0.254 e. The van der Waals surface area contributed by atoms with Gasteiger partial charge in [-0.25, -0.2) is 4.98 Å². The summed E-state index contributed by atoms with van der Waals surface area (Å²) in [6.45, 7) is 2.55. The number of nitrogens with zero attached hydrogens (tertiary/aromatic N) is 4. The molecule has 0 fully saturated rings. The van der Waals surface area contributed by atoms with Crippen molar-refractivity contribution in [2.75, 3.05) is 25.6 Å². The van der Waals surface area contributed by atoms with E-state index in [1.165, 1.54) is 6.33 Å². The maximum Gasteiger partial charge on any atom is 0.254 e. The third kappa shape index (κ3) is 2.69. The summed E-state index contributed by atoms with van der Waals surface area (Å²) < 4.78 is 6.44. The fraction of sp³-hybridized carbons (Fsp3) is 0.500. The van der Waals surface area contributed by atoms with Crippen LogP contribution in [0.4, 0.5) is 5.82 Å². The maximum atomic E-state index is 9.55. The molecule has 0 aliphatic carbocycles. The number of nitrogens with one attached hydrogen (secondary N) is 1. The Morgan fingerprint density at radius 1 is 1.59 bits per heavy atom. The van der Waals surface area contributed by atoms with Crippen LogP contribution in [0.25, 0.3) is 5.78 Å². The summed E-state index contributed by atoms with van der Waals surface area (Å²) in [5, 5.41) is 16.7. The highest BCUT2D eigenvalue weighted by atomic mass is 16.5. The molecule has 2 heterocycles. The van der Waals surface area contributed by atoms with Crippen LogP contribution >= 0.6 is 0 Å². The second kappa shape index (κ2) is 5.07. The zero-order chi connectivity index (χ0) is 12.3. The molecule has 0 aliphatic rings. The van der Waals surface area contributed by atoms with Gasteiger partial charge in [-0.1, -0.05) is 0 Å². The summed E-state index contributed by atoms with van der Waals surface area (Å²) in [5.41, 5.74) is 0.842. The number of aryl methyl sites for hydroxylation is 1. The van der Waals surface area contributed by atoms with Crippen LogP contribution in [0.15, 0.2) is 12.4 Å². The molecule has 1 unspecified atom stereocenters. The molecule has 0 radical (unpaired) electrons. The molecule has 0 bridgehead atoms. The van der Waals surface area contributed by atoms with E-state index in [1.807, 2.05) is 13.0 Å². The normalized spacial score (nSPS) is 12.9. The summed E-state index contributed by atoms with van der Waals surface area (Å²) in [5.74, 6) is 1.29. The van der Waals surface area contributed by atoms with Crippen molar-refractivity contribution >= 4 is 11.6 Å². The van der Waals surface area contributed by atoms with Crippen molar-refractivity contribution < 1.29 is 9.84 Å². The molecule has 0 saturated carbocycles. The molecule has 7 heteroatoms. The van der Waals surface area contributed by atoms with Gasteiger partial charge in [-0.15, -0.1) is 0 Å².